The molecule has 0 spiro atoms. The summed E-state index contributed by atoms with van der Waals surface area (Å²) in [6, 6.07) is 0.589. The van der Waals surface area contributed by atoms with Gasteiger partial charge in [-0.05, 0) is 51.6 Å². The maximum Gasteiger partial charge on any atom is 0.391 e. The van der Waals surface area contributed by atoms with Gasteiger partial charge in [0.05, 0.1) is 5.92 Å². The van der Waals surface area contributed by atoms with Crippen LogP contribution in [0.4, 0.5) is 13.2 Å². The maximum atomic E-state index is 13.0. The summed E-state index contributed by atoms with van der Waals surface area (Å²) in [5, 5.41) is 3.52. The Morgan fingerprint density at radius 3 is 2.52 bits per heavy atom. The molecular weight excluding hydrogens is 277 g/mol. The minimum Gasteiger partial charge on any atom is -0.313 e. The van der Waals surface area contributed by atoms with Crippen LogP contribution >= 0.6 is 0 Å². The predicted octanol–water partition coefficient (Wildman–Crippen LogP) is 3.96. The Labute approximate surface area is 126 Å². The van der Waals surface area contributed by atoms with Crippen LogP contribution in [0.15, 0.2) is 0 Å². The molecule has 1 heterocycles. The molecule has 1 saturated carbocycles. The topological polar surface area (TPSA) is 15.3 Å². The van der Waals surface area contributed by atoms with Crippen molar-refractivity contribution < 1.29 is 13.2 Å². The minimum atomic E-state index is -4.01. The summed E-state index contributed by atoms with van der Waals surface area (Å²) in [6.45, 7) is 5.02. The fraction of sp³-hybridized carbons (Fsp3) is 1.00. The lowest BCUT2D eigenvalue weighted by molar-refractivity contribution is -0.186. The Morgan fingerprint density at radius 2 is 1.90 bits per heavy atom. The van der Waals surface area contributed by atoms with Gasteiger partial charge in [-0.3, -0.25) is 4.90 Å². The summed E-state index contributed by atoms with van der Waals surface area (Å²) in [5.41, 5.74) is 0. The highest BCUT2D eigenvalue weighted by Gasteiger charge is 2.43. The van der Waals surface area contributed by atoms with Gasteiger partial charge in [-0.25, -0.2) is 0 Å². The number of hydrogen-bond acceptors (Lipinski definition) is 2. The van der Waals surface area contributed by atoms with E-state index in [1.54, 1.807) is 0 Å². The van der Waals surface area contributed by atoms with Gasteiger partial charge in [-0.1, -0.05) is 19.8 Å². The second-order valence-electron chi connectivity index (χ2n) is 6.70. The van der Waals surface area contributed by atoms with Crippen molar-refractivity contribution in [2.45, 2.75) is 76.6 Å². The highest BCUT2D eigenvalue weighted by Crippen LogP contribution is 2.39. The first kappa shape index (κ1) is 17.1. The molecule has 2 rings (SSSR count). The molecule has 21 heavy (non-hydrogen) atoms. The molecule has 5 heteroatoms. The Kier molecular flexibility index (Phi) is 6.35. The Hall–Kier alpha value is -0.290. The van der Waals surface area contributed by atoms with Crippen LogP contribution in [0.25, 0.3) is 0 Å². The largest absolute Gasteiger partial charge is 0.391 e. The third kappa shape index (κ3) is 5.13. The van der Waals surface area contributed by atoms with Crippen molar-refractivity contribution >= 4 is 0 Å². The first-order chi connectivity index (χ1) is 10.0. The molecule has 0 aromatic rings. The van der Waals surface area contributed by atoms with Crippen molar-refractivity contribution in [1.82, 2.24) is 10.2 Å². The molecule has 1 aliphatic heterocycles. The molecule has 2 nitrogen and oxygen atoms in total. The van der Waals surface area contributed by atoms with E-state index in [1.807, 2.05) is 0 Å². The second-order valence-corrected chi connectivity index (χ2v) is 6.70. The summed E-state index contributed by atoms with van der Waals surface area (Å²) in [6.07, 6.45) is 2.90. The summed E-state index contributed by atoms with van der Waals surface area (Å²) in [7, 11) is 0. The smallest absolute Gasteiger partial charge is 0.313 e. The molecule has 1 aliphatic carbocycles. The van der Waals surface area contributed by atoms with Gasteiger partial charge in [0.25, 0.3) is 0 Å². The van der Waals surface area contributed by atoms with Crippen LogP contribution in [0.2, 0.25) is 0 Å². The SMILES string of the molecule is CCCN(CC1CCCCN1)C1CCCC(C(F)(F)F)C1. The van der Waals surface area contributed by atoms with Gasteiger partial charge < -0.3 is 5.32 Å². The summed E-state index contributed by atoms with van der Waals surface area (Å²) >= 11 is 0. The van der Waals surface area contributed by atoms with Gasteiger partial charge in [-0.2, -0.15) is 13.2 Å². The Balaban J connectivity index is 1.92. The van der Waals surface area contributed by atoms with Gasteiger partial charge in [0.1, 0.15) is 0 Å². The molecule has 3 atom stereocenters. The highest BCUT2D eigenvalue weighted by molar-refractivity contribution is 4.86. The zero-order valence-electron chi connectivity index (χ0n) is 13.1. The van der Waals surface area contributed by atoms with Crippen LogP contribution < -0.4 is 5.32 Å². The van der Waals surface area contributed by atoms with Gasteiger partial charge in [0, 0.05) is 18.6 Å². The van der Waals surface area contributed by atoms with Crippen LogP contribution in [0.1, 0.15) is 58.3 Å². The van der Waals surface area contributed by atoms with Crippen LogP contribution in [0, 0.1) is 5.92 Å². The quantitative estimate of drug-likeness (QED) is 0.827. The van der Waals surface area contributed by atoms with E-state index in [4.69, 9.17) is 0 Å². The number of alkyl halides is 3. The van der Waals surface area contributed by atoms with Crippen LogP contribution in [-0.4, -0.2) is 42.8 Å². The molecule has 0 amide bonds. The lowest BCUT2D eigenvalue weighted by Gasteiger charge is -2.40. The molecule has 2 fully saturated rings. The Morgan fingerprint density at radius 1 is 1.10 bits per heavy atom. The third-order valence-corrected chi connectivity index (χ3v) is 5.00. The molecule has 1 saturated heterocycles. The first-order valence-electron chi connectivity index (χ1n) is 8.55. The van der Waals surface area contributed by atoms with Crippen molar-refractivity contribution in [2.24, 2.45) is 5.92 Å². The van der Waals surface area contributed by atoms with Crippen molar-refractivity contribution in [3.63, 3.8) is 0 Å². The van der Waals surface area contributed by atoms with Crippen molar-refractivity contribution in [1.29, 1.82) is 0 Å². The second kappa shape index (κ2) is 7.82. The third-order valence-electron chi connectivity index (χ3n) is 5.00. The van der Waals surface area contributed by atoms with E-state index in [9.17, 15) is 13.2 Å². The van der Waals surface area contributed by atoms with Gasteiger partial charge in [0.15, 0.2) is 0 Å². The summed E-state index contributed by atoms with van der Waals surface area (Å²) in [4.78, 5) is 2.33. The maximum absolute atomic E-state index is 13.0. The van der Waals surface area contributed by atoms with Gasteiger partial charge in [-0.15, -0.1) is 0 Å². The van der Waals surface area contributed by atoms with E-state index >= 15 is 0 Å². The number of halogens is 3. The van der Waals surface area contributed by atoms with Crippen molar-refractivity contribution in [2.75, 3.05) is 19.6 Å². The van der Waals surface area contributed by atoms with Gasteiger partial charge >= 0.3 is 6.18 Å². The molecule has 3 unspecified atom stereocenters. The zero-order chi connectivity index (χ0) is 15.3. The number of nitrogens with one attached hydrogen (secondary N) is 1. The van der Waals surface area contributed by atoms with E-state index in [1.165, 1.54) is 12.8 Å². The average Bonchev–Trinajstić information content (AvgIpc) is 2.47. The lowest BCUT2D eigenvalue weighted by atomic mass is 9.84. The van der Waals surface area contributed by atoms with Gasteiger partial charge in [0.2, 0.25) is 0 Å². The summed E-state index contributed by atoms with van der Waals surface area (Å²) < 4.78 is 39.0. The summed E-state index contributed by atoms with van der Waals surface area (Å²) in [5.74, 6) is -1.09. The van der Waals surface area contributed by atoms with E-state index < -0.39 is 12.1 Å². The standard InChI is InChI=1S/C16H29F3N2/c1-2-10-21(12-14-7-3-4-9-20-14)15-8-5-6-13(11-15)16(17,18)19/h13-15,20H,2-12H2,1H3. The Bertz CT molecular complexity index is 300. The number of rotatable bonds is 5. The van der Waals surface area contributed by atoms with Crippen LogP contribution in [-0.2, 0) is 0 Å². The normalized spacial score (nSPS) is 31.6. The molecule has 2 aliphatic rings. The average molecular weight is 306 g/mol. The number of nitrogens with zero attached hydrogens (tertiary/aromatic N) is 1. The fourth-order valence-electron chi connectivity index (χ4n) is 3.87. The lowest BCUT2D eigenvalue weighted by Crippen LogP contribution is -2.49. The molecule has 0 aromatic carbocycles. The molecule has 124 valence electrons. The molecule has 0 radical (unpaired) electrons. The van der Waals surface area contributed by atoms with E-state index in [2.05, 4.69) is 17.1 Å². The predicted molar refractivity (Wildman–Crippen MR) is 79.3 cm³/mol. The van der Waals surface area contributed by atoms with E-state index in [-0.39, 0.29) is 6.04 Å². The van der Waals surface area contributed by atoms with E-state index in [0.717, 1.165) is 38.9 Å². The molecule has 0 aromatic heterocycles. The molecular formula is C16H29F3N2. The highest BCUT2D eigenvalue weighted by atomic mass is 19.4. The van der Waals surface area contributed by atoms with E-state index in [0.29, 0.717) is 25.3 Å². The molecule has 1 N–H and O–H groups in total. The van der Waals surface area contributed by atoms with Crippen LogP contribution in [0.5, 0.6) is 0 Å². The van der Waals surface area contributed by atoms with Crippen molar-refractivity contribution in [3.8, 4) is 0 Å². The van der Waals surface area contributed by atoms with Crippen molar-refractivity contribution in [3.05, 3.63) is 0 Å². The van der Waals surface area contributed by atoms with Crippen LogP contribution in [0.3, 0.4) is 0 Å². The monoisotopic (exact) mass is 306 g/mol. The molecule has 0 bridgehead atoms. The number of hydrogen-bond donors (Lipinski definition) is 1. The fourth-order valence-corrected chi connectivity index (χ4v) is 3.87. The number of piperidine rings is 1. The zero-order valence-corrected chi connectivity index (χ0v) is 13.1. The minimum absolute atomic E-state index is 0.119. The first-order valence-corrected chi connectivity index (χ1v) is 8.55.